The molecule has 0 saturated heterocycles. The van der Waals surface area contributed by atoms with Crippen LogP contribution in [0.2, 0.25) is 0 Å². The van der Waals surface area contributed by atoms with Crippen molar-refractivity contribution in [1.29, 1.82) is 0 Å². The van der Waals surface area contributed by atoms with Gasteiger partial charge in [0.1, 0.15) is 17.0 Å². The summed E-state index contributed by atoms with van der Waals surface area (Å²) >= 11 is 0. The number of aryl methyl sites for hydroxylation is 1. The molecule has 2 aromatic carbocycles. The number of hydrogen-bond acceptors (Lipinski definition) is 3. The highest BCUT2D eigenvalue weighted by Gasteiger charge is 2.33. The van der Waals surface area contributed by atoms with Gasteiger partial charge in [0.05, 0.1) is 19.3 Å². The molecule has 2 aromatic rings. The minimum absolute atomic E-state index is 0.154. The Bertz CT molecular complexity index is 994. The summed E-state index contributed by atoms with van der Waals surface area (Å²) in [6, 6.07) is 11.8. The Balaban J connectivity index is 1.66. The Morgan fingerprint density at radius 1 is 1.16 bits per heavy atom. The number of rotatable bonds is 7. The molecule has 0 bridgehead atoms. The van der Waals surface area contributed by atoms with Gasteiger partial charge in [0.15, 0.2) is 0 Å². The van der Waals surface area contributed by atoms with E-state index >= 15 is 0 Å². The SMILES string of the molecule is C#CC1(NC(=O)c2cc(-c3ccc(OC)cc3C)ccc2OCC2CC2)CCCCC1. The van der Waals surface area contributed by atoms with Gasteiger partial charge in [-0.2, -0.15) is 0 Å². The maximum atomic E-state index is 13.4. The van der Waals surface area contributed by atoms with Crippen molar-refractivity contribution in [3.8, 4) is 35.0 Å². The first kappa shape index (κ1) is 21.3. The number of methoxy groups -OCH3 is 1. The highest BCUT2D eigenvalue weighted by molar-refractivity contribution is 5.99. The summed E-state index contributed by atoms with van der Waals surface area (Å²) in [6.07, 6.45) is 13.2. The van der Waals surface area contributed by atoms with Gasteiger partial charge in [-0.25, -0.2) is 0 Å². The summed E-state index contributed by atoms with van der Waals surface area (Å²) in [6.45, 7) is 2.70. The number of benzene rings is 2. The fraction of sp³-hybridized carbons (Fsp3) is 0.444. The molecule has 162 valence electrons. The summed E-state index contributed by atoms with van der Waals surface area (Å²) in [5.41, 5.74) is 3.11. The lowest BCUT2D eigenvalue weighted by Gasteiger charge is -2.33. The Hall–Kier alpha value is -2.93. The number of ether oxygens (including phenoxy) is 2. The number of carbonyl (C=O) groups is 1. The van der Waals surface area contributed by atoms with Crippen LogP contribution in [0.5, 0.6) is 11.5 Å². The molecule has 4 nitrogen and oxygen atoms in total. The molecule has 0 aromatic heterocycles. The normalized spacial score (nSPS) is 17.5. The van der Waals surface area contributed by atoms with Crippen LogP contribution in [-0.2, 0) is 0 Å². The van der Waals surface area contributed by atoms with Crippen LogP contribution in [0.25, 0.3) is 11.1 Å². The molecule has 2 fully saturated rings. The fourth-order valence-corrected chi connectivity index (χ4v) is 4.33. The molecule has 2 saturated carbocycles. The van der Waals surface area contributed by atoms with Gasteiger partial charge in [-0.05, 0) is 79.5 Å². The predicted molar refractivity (Wildman–Crippen MR) is 124 cm³/mol. The van der Waals surface area contributed by atoms with E-state index in [1.54, 1.807) is 7.11 Å². The molecule has 4 heteroatoms. The standard InChI is InChI=1S/C27H31NO3/c1-4-27(14-6-5-7-15-27)28-26(29)24-17-21(10-13-25(24)31-18-20-8-9-20)23-12-11-22(30-3)16-19(23)2/h1,10-13,16-17,20H,5-9,14-15,18H2,2-3H3,(H,28,29). The number of hydrogen-bond donors (Lipinski definition) is 1. The van der Waals surface area contributed by atoms with Crippen molar-refractivity contribution in [2.45, 2.75) is 57.4 Å². The van der Waals surface area contributed by atoms with Crippen LogP contribution < -0.4 is 14.8 Å². The van der Waals surface area contributed by atoms with Crippen LogP contribution in [0.1, 0.15) is 60.9 Å². The van der Waals surface area contributed by atoms with Crippen LogP contribution >= 0.6 is 0 Å². The smallest absolute Gasteiger partial charge is 0.256 e. The van der Waals surface area contributed by atoms with Crippen molar-refractivity contribution in [1.82, 2.24) is 5.32 Å². The number of carbonyl (C=O) groups excluding carboxylic acids is 1. The van der Waals surface area contributed by atoms with Crippen LogP contribution in [0.15, 0.2) is 36.4 Å². The zero-order valence-electron chi connectivity index (χ0n) is 18.5. The second-order valence-corrected chi connectivity index (χ2v) is 8.89. The zero-order valence-corrected chi connectivity index (χ0v) is 18.5. The summed E-state index contributed by atoms with van der Waals surface area (Å²) in [4.78, 5) is 13.4. The molecule has 0 aliphatic heterocycles. The molecule has 0 unspecified atom stereocenters. The maximum absolute atomic E-state index is 13.4. The van der Waals surface area contributed by atoms with E-state index in [0.29, 0.717) is 23.8 Å². The first-order chi connectivity index (χ1) is 15.0. The molecule has 0 atom stereocenters. The van der Waals surface area contributed by atoms with Crippen LogP contribution in [0.3, 0.4) is 0 Å². The van der Waals surface area contributed by atoms with Crippen LogP contribution in [0.4, 0.5) is 0 Å². The third-order valence-electron chi connectivity index (χ3n) is 6.48. The molecule has 0 heterocycles. The van der Waals surface area contributed by atoms with Gasteiger partial charge in [-0.1, -0.05) is 37.3 Å². The molecule has 1 N–H and O–H groups in total. The van der Waals surface area contributed by atoms with Crippen molar-refractivity contribution in [2.75, 3.05) is 13.7 Å². The monoisotopic (exact) mass is 417 g/mol. The molecule has 4 rings (SSSR count). The van der Waals surface area contributed by atoms with Gasteiger partial charge < -0.3 is 14.8 Å². The lowest BCUT2D eigenvalue weighted by atomic mass is 9.82. The largest absolute Gasteiger partial charge is 0.497 e. The van der Waals surface area contributed by atoms with Crippen molar-refractivity contribution >= 4 is 5.91 Å². The summed E-state index contributed by atoms with van der Waals surface area (Å²) < 4.78 is 11.4. The van der Waals surface area contributed by atoms with E-state index in [2.05, 4.69) is 11.2 Å². The first-order valence-corrected chi connectivity index (χ1v) is 11.3. The lowest BCUT2D eigenvalue weighted by molar-refractivity contribution is 0.0899. The Morgan fingerprint density at radius 3 is 2.58 bits per heavy atom. The van der Waals surface area contributed by atoms with Crippen molar-refractivity contribution in [3.05, 3.63) is 47.5 Å². The molecule has 2 aliphatic rings. The summed E-state index contributed by atoms with van der Waals surface area (Å²) in [5, 5.41) is 3.18. The van der Waals surface area contributed by atoms with Gasteiger partial charge in [-0.3, -0.25) is 4.79 Å². The minimum Gasteiger partial charge on any atom is -0.497 e. The van der Waals surface area contributed by atoms with Gasteiger partial charge in [0.25, 0.3) is 5.91 Å². The van der Waals surface area contributed by atoms with Crippen molar-refractivity contribution in [2.24, 2.45) is 5.92 Å². The van der Waals surface area contributed by atoms with Gasteiger partial charge in [0, 0.05) is 0 Å². The number of nitrogens with one attached hydrogen (secondary N) is 1. The third-order valence-corrected chi connectivity index (χ3v) is 6.48. The molecular formula is C27H31NO3. The molecule has 31 heavy (non-hydrogen) atoms. The average Bonchev–Trinajstić information content (AvgIpc) is 3.62. The summed E-state index contributed by atoms with van der Waals surface area (Å²) in [5.74, 6) is 4.78. The topological polar surface area (TPSA) is 47.6 Å². The molecule has 0 radical (unpaired) electrons. The van der Waals surface area contributed by atoms with E-state index < -0.39 is 5.54 Å². The number of amides is 1. The zero-order chi connectivity index (χ0) is 21.8. The highest BCUT2D eigenvalue weighted by Crippen LogP contribution is 2.34. The number of terminal acetylenes is 1. The average molecular weight is 418 g/mol. The van der Waals surface area contributed by atoms with E-state index in [4.69, 9.17) is 15.9 Å². The predicted octanol–water partition coefficient (Wildman–Crippen LogP) is 5.53. The molecular weight excluding hydrogens is 386 g/mol. The lowest BCUT2D eigenvalue weighted by Crippen LogP contribution is -2.48. The second-order valence-electron chi connectivity index (χ2n) is 8.89. The Kier molecular flexibility index (Phi) is 6.23. The third kappa shape index (κ3) is 4.88. The van der Waals surface area contributed by atoms with Crippen molar-refractivity contribution < 1.29 is 14.3 Å². The van der Waals surface area contributed by atoms with Crippen LogP contribution in [-0.4, -0.2) is 25.2 Å². The van der Waals surface area contributed by atoms with Crippen molar-refractivity contribution in [3.63, 3.8) is 0 Å². The van der Waals surface area contributed by atoms with E-state index in [1.165, 1.54) is 19.3 Å². The van der Waals surface area contributed by atoms with E-state index in [9.17, 15) is 4.79 Å². The molecule has 1 amide bonds. The second kappa shape index (κ2) is 9.06. The minimum atomic E-state index is -0.560. The van der Waals surface area contributed by atoms with Gasteiger partial charge >= 0.3 is 0 Å². The fourth-order valence-electron chi connectivity index (χ4n) is 4.33. The van der Waals surface area contributed by atoms with Gasteiger partial charge in [-0.15, -0.1) is 6.42 Å². The Labute approximate surface area is 185 Å². The van der Waals surface area contributed by atoms with E-state index in [1.807, 2.05) is 43.3 Å². The molecule has 2 aliphatic carbocycles. The highest BCUT2D eigenvalue weighted by atomic mass is 16.5. The maximum Gasteiger partial charge on any atom is 0.256 e. The van der Waals surface area contributed by atoms with Gasteiger partial charge in [0.2, 0.25) is 0 Å². The van der Waals surface area contributed by atoms with Crippen LogP contribution in [0, 0.1) is 25.2 Å². The first-order valence-electron chi connectivity index (χ1n) is 11.3. The quantitative estimate of drug-likeness (QED) is 0.603. The van der Waals surface area contributed by atoms with E-state index in [0.717, 1.165) is 48.1 Å². The Morgan fingerprint density at radius 2 is 1.94 bits per heavy atom. The molecule has 0 spiro atoms. The summed E-state index contributed by atoms with van der Waals surface area (Å²) in [7, 11) is 1.66. The van der Waals surface area contributed by atoms with E-state index in [-0.39, 0.29) is 5.91 Å².